The van der Waals surface area contributed by atoms with Crippen LogP contribution in [0.1, 0.15) is 23.7 Å². The molecular weight excluding hydrogens is 364 g/mol. The largest absolute Gasteiger partial charge is 0.481 e. The number of alkyl halides is 3. The number of aliphatic carboxylic acids is 1. The van der Waals surface area contributed by atoms with Gasteiger partial charge in [0.2, 0.25) is 0 Å². The third-order valence-electron chi connectivity index (χ3n) is 4.32. The van der Waals surface area contributed by atoms with Gasteiger partial charge in [-0.3, -0.25) is 9.48 Å². The molecule has 0 aliphatic heterocycles. The van der Waals surface area contributed by atoms with Crippen LogP contribution in [-0.4, -0.2) is 20.9 Å². The quantitative estimate of drug-likeness (QED) is 0.663. The Morgan fingerprint density at radius 2 is 1.85 bits per heavy atom. The molecule has 3 aromatic rings. The lowest BCUT2D eigenvalue weighted by molar-refractivity contribution is -0.141. The van der Waals surface area contributed by atoms with Crippen LogP contribution in [0, 0.1) is 11.7 Å². The minimum absolute atomic E-state index is 0.0909. The molecular formula is C19H16F4N2O2. The van der Waals surface area contributed by atoms with Crippen molar-refractivity contribution in [2.75, 3.05) is 0 Å². The lowest BCUT2D eigenvalue weighted by Crippen LogP contribution is -2.13. The van der Waals surface area contributed by atoms with Crippen LogP contribution in [0.25, 0.3) is 10.9 Å². The van der Waals surface area contributed by atoms with E-state index in [0.29, 0.717) is 16.6 Å². The van der Waals surface area contributed by atoms with Crippen molar-refractivity contribution in [3.05, 3.63) is 65.1 Å². The zero-order valence-electron chi connectivity index (χ0n) is 14.3. The van der Waals surface area contributed by atoms with Crippen molar-refractivity contribution < 1.29 is 27.5 Å². The maximum absolute atomic E-state index is 13.1. The van der Waals surface area contributed by atoms with Crippen molar-refractivity contribution in [1.29, 1.82) is 0 Å². The van der Waals surface area contributed by atoms with Gasteiger partial charge in [-0.1, -0.05) is 25.1 Å². The Morgan fingerprint density at radius 3 is 2.44 bits per heavy atom. The summed E-state index contributed by atoms with van der Waals surface area (Å²) in [5, 5.41) is 13.9. The van der Waals surface area contributed by atoms with E-state index in [9.17, 15) is 22.4 Å². The Labute approximate surface area is 152 Å². The van der Waals surface area contributed by atoms with E-state index in [1.165, 1.54) is 41.9 Å². The summed E-state index contributed by atoms with van der Waals surface area (Å²) in [4.78, 5) is 11.1. The summed E-state index contributed by atoms with van der Waals surface area (Å²) >= 11 is 0. The first-order valence-corrected chi connectivity index (χ1v) is 8.19. The van der Waals surface area contributed by atoms with Crippen LogP contribution in [0.2, 0.25) is 0 Å². The number of carbonyl (C=O) groups is 1. The van der Waals surface area contributed by atoms with Crippen LogP contribution in [0.15, 0.2) is 42.5 Å². The molecule has 1 atom stereocenters. The number of carboxylic acid groups (broad SMARTS) is 1. The summed E-state index contributed by atoms with van der Waals surface area (Å²) in [7, 11) is 0. The molecule has 0 saturated heterocycles. The van der Waals surface area contributed by atoms with Gasteiger partial charge in [0.05, 0.1) is 29.2 Å². The SMILES string of the molecule is CC(Cc1nn(Cc2ccc(F)cc2)c2cc(C(F)(F)F)ccc12)C(=O)O. The van der Waals surface area contributed by atoms with E-state index in [1.54, 1.807) is 0 Å². The maximum atomic E-state index is 13.1. The molecule has 1 aromatic heterocycles. The molecule has 0 spiro atoms. The molecule has 142 valence electrons. The van der Waals surface area contributed by atoms with E-state index >= 15 is 0 Å². The maximum Gasteiger partial charge on any atom is 0.416 e. The van der Waals surface area contributed by atoms with Gasteiger partial charge < -0.3 is 5.11 Å². The zero-order chi connectivity index (χ0) is 19.8. The van der Waals surface area contributed by atoms with Crippen molar-refractivity contribution in [3.8, 4) is 0 Å². The van der Waals surface area contributed by atoms with E-state index < -0.39 is 29.4 Å². The van der Waals surface area contributed by atoms with E-state index in [2.05, 4.69) is 5.10 Å². The van der Waals surface area contributed by atoms with Gasteiger partial charge in [-0.05, 0) is 29.8 Å². The first-order valence-electron chi connectivity index (χ1n) is 8.19. The van der Waals surface area contributed by atoms with Crippen molar-refractivity contribution >= 4 is 16.9 Å². The molecule has 0 saturated carbocycles. The van der Waals surface area contributed by atoms with E-state index in [-0.39, 0.29) is 18.5 Å². The van der Waals surface area contributed by atoms with Gasteiger partial charge in [-0.25, -0.2) is 4.39 Å². The Kier molecular flexibility index (Phi) is 4.91. The van der Waals surface area contributed by atoms with E-state index in [1.807, 2.05) is 0 Å². The van der Waals surface area contributed by atoms with Gasteiger partial charge in [-0.15, -0.1) is 0 Å². The number of hydrogen-bond acceptors (Lipinski definition) is 2. The lowest BCUT2D eigenvalue weighted by atomic mass is 10.0. The second kappa shape index (κ2) is 7.02. The topological polar surface area (TPSA) is 55.1 Å². The number of benzene rings is 2. The highest BCUT2D eigenvalue weighted by atomic mass is 19.4. The van der Waals surface area contributed by atoms with Crippen LogP contribution >= 0.6 is 0 Å². The number of fused-ring (bicyclic) bond motifs is 1. The van der Waals surface area contributed by atoms with Crippen molar-refractivity contribution in [1.82, 2.24) is 9.78 Å². The molecule has 0 aliphatic rings. The van der Waals surface area contributed by atoms with Crippen LogP contribution in [0.5, 0.6) is 0 Å². The summed E-state index contributed by atoms with van der Waals surface area (Å²) < 4.78 is 53.8. The van der Waals surface area contributed by atoms with Crippen molar-refractivity contribution in [2.45, 2.75) is 26.1 Å². The first-order chi connectivity index (χ1) is 12.6. The van der Waals surface area contributed by atoms with Gasteiger partial charge in [0.25, 0.3) is 0 Å². The molecule has 0 fully saturated rings. The van der Waals surface area contributed by atoms with Crippen LogP contribution in [-0.2, 0) is 23.9 Å². The molecule has 0 bridgehead atoms. The number of aromatic nitrogens is 2. The average molecular weight is 380 g/mol. The van der Waals surface area contributed by atoms with Gasteiger partial charge in [-0.2, -0.15) is 18.3 Å². The van der Waals surface area contributed by atoms with E-state index in [0.717, 1.165) is 12.1 Å². The molecule has 0 aliphatic carbocycles. The number of rotatable bonds is 5. The number of hydrogen-bond donors (Lipinski definition) is 1. The van der Waals surface area contributed by atoms with Gasteiger partial charge in [0, 0.05) is 11.8 Å². The zero-order valence-corrected chi connectivity index (χ0v) is 14.3. The Morgan fingerprint density at radius 1 is 1.19 bits per heavy atom. The summed E-state index contributed by atoms with van der Waals surface area (Å²) in [5.41, 5.74) is 0.515. The summed E-state index contributed by atoms with van der Waals surface area (Å²) in [6.07, 6.45) is -4.42. The van der Waals surface area contributed by atoms with E-state index in [4.69, 9.17) is 5.11 Å². The Hall–Kier alpha value is -2.90. The summed E-state index contributed by atoms with van der Waals surface area (Å²) in [6.45, 7) is 1.65. The highest BCUT2D eigenvalue weighted by Crippen LogP contribution is 2.33. The van der Waals surface area contributed by atoms with Crippen LogP contribution in [0.4, 0.5) is 17.6 Å². The summed E-state index contributed by atoms with van der Waals surface area (Å²) in [5.74, 6) is -2.16. The van der Waals surface area contributed by atoms with Gasteiger partial charge in [0.1, 0.15) is 5.82 Å². The third kappa shape index (κ3) is 4.10. The fourth-order valence-corrected chi connectivity index (χ4v) is 2.83. The third-order valence-corrected chi connectivity index (χ3v) is 4.32. The second-order valence-electron chi connectivity index (χ2n) is 6.40. The highest BCUT2D eigenvalue weighted by molar-refractivity contribution is 5.83. The molecule has 2 aromatic carbocycles. The molecule has 0 radical (unpaired) electrons. The molecule has 1 unspecified atom stereocenters. The molecule has 3 rings (SSSR count). The van der Waals surface area contributed by atoms with Crippen LogP contribution < -0.4 is 0 Å². The Bertz CT molecular complexity index is 978. The fourth-order valence-electron chi connectivity index (χ4n) is 2.83. The first kappa shape index (κ1) is 18.9. The lowest BCUT2D eigenvalue weighted by Gasteiger charge is -2.08. The molecule has 1 N–H and O–H groups in total. The molecule has 27 heavy (non-hydrogen) atoms. The van der Waals surface area contributed by atoms with Crippen molar-refractivity contribution in [2.24, 2.45) is 5.92 Å². The molecule has 8 heteroatoms. The minimum Gasteiger partial charge on any atom is -0.481 e. The predicted octanol–water partition coefficient (Wildman–Crippen LogP) is 4.51. The molecule has 0 amide bonds. The summed E-state index contributed by atoms with van der Waals surface area (Å²) in [6, 6.07) is 8.84. The monoisotopic (exact) mass is 380 g/mol. The average Bonchev–Trinajstić information content (AvgIpc) is 2.93. The molecule has 1 heterocycles. The highest BCUT2D eigenvalue weighted by Gasteiger charge is 2.31. The van der Waals surface area contributed by atoms with Crippen LogP contribution in [0.3, 0.4) is 0 Å². The number of carboxylic acids is 1. The van der Waals surface area contributed by atoms with Crippen molar-refractivity contribution in [3.63, 3.8) is 0 Å². The van der Waals surface area contributed by atoms with Gasteiger partial charge in [0.15, 0.2) is 0 Å². The standard InChI is InChI=1S/C19H16F4N2O2/c1-11(18(26)27)8-16-15-7-4-13(19(21,22)23)9-17(15)25(24-16)10-12-2-5-14(20)6-3-12/h2-7,9,11H,8,10H2,1H3,(H,26,27). The Balaban J connectivity index is 2.08. The van der Waals surface area contributed by atoms with Gasteiger partial charge >= 0.3 is 12.1 Å². The predicted molar refractivity (Wildman–Crippen MR) is 90.7 cm³/mol. The fraction of sp³-hybridized carbons (Fsp3) is 0.263. The normalized spacial score (nSPS) is 13.1. The number of halogens is 4. The molecule has 4 nitrogen and oxygen atoms in total. The minimum atomic E-state index is -4.51. The smallest absolute Gasteiger partial charge is 0.416 e. The second-order valence-corrected chi connectivity index (χ2v) is 6.40. The number of nitrogens with zero attached hydrogens (tertiary/aromatic N) is 2.